The van der Waals surface area contributed by atoms with Gasteiger partial charge >= 0.3 is 6.18 Å². The number of aromatic nitrogens is 2. The quantitative estimate of drug-likeness (QED) is 0.259. The Hall–Kier alpha value is -3.18. The van der Waals surface area contributed by atoms with E-state index in [1.54, 1.807) is 6.07 Å². The monoisotopic (exact) mass is 475 g/mol. The summed E-state index contributed by atoms with van der Waals surface area (Å²) in [4.78, 5) is 0. The zero-order valence-electron chi connectivity index (χ0n) is 17.9. The van der Waals surface area contributed by atoms with E-state index >= 15 is 0 Å². The molecule has 4 rings (SSSR count). The van der Waals surface area contributed by atoms with Crippen molar-refractivity contribution in [3.8, 4) is 11.8 Å². The molecule has 0 aliphatic rings. The van der Waals surface area contributed by atoms with E-state index in [9.17, 15) is 13.2 Å². The molecule has 0 spiro atoms. The Morgan fingerprint density at radius 2 is 2.00 bits per heavy atom. The van der Waals surface area contributed by atoms with Gasteiger partial charge in [-0.3, -0.25) is 0 Å². The van der Waals surface area contributed by atoms with Crippen molar-refractivity contribution in [1.29, 1.82) is 5.26 Å². The van der Waals surface area contributed by atoms with Gasteiger partial charge in [0.2, 0.25) is 0 Å². The summed E-state index contributed by atoms with van der Waals surface area (Å²) in [7, 11) is 0. The number of hydrogen-bond acceptors (Lipinski definition) is 4. The Morgan fingerprint density at radius 1 is 1.18 bits per heavy atom. The van der Waals surface area contributed by atoms with Crippen molar-refractivity contribution in [2.24, 2.45) is 0 Å². The van der Waals surface area contributed by atoms with Gasteiger partial charge in [-0.15, -0.1) is 0 Å². The van der Waals surface area contributed by atoms with Gasteiger partial charge in [-0.05, 0) is 42.7 Å². The zero-order valence-corrected chi connectivity index (χ0v) is 18.6. The third-order valence-electron chi connectivity index (χ3n) is 5.51. The van der Waals surface area contributed by atoms with Crippen molar-refractivity contribution in [3.63, 3.8) is 0 Å². The number of benzene rings is 2. The summed E-state index contributed by atoms with van der Waals surface area (Å²) >= 11 is 6.43. The first kappa shape index (κ1) is 23.0. The molecule has 0 bridgehead atoms. The van der Waals surface area contributed by atoms with Crippen LogP contribution in [0.5, 0.6) is 5.75 Å². The summed E-state index contributed by atoms with van der Waals surface area (Å²) in [6.07, 6.45) is -0.460. The molecule has 0 radical (unpaired) electrons. The van der Waals surface area contributed by atoms with Crippen LogP contribution in [-0.2, 0) is 25.6 Å². The fraction of sp³-hybridized carbons (Fsp3) is 0.333. The van der Waals surface area contributed by atoms with Crippen molar-refractivity contribution in [2.45, 2.75) is 45.3 Å². The van der Waals surface area contributed by atoms with Crippen LogP contribution in [0.3, 0.4) is 0 Å². The predicted molar refractivity (Wildman–Crippen MR) is 119 cm³/mol. The second-order valence-electron chi connectivity index (χ2n) is 7.72. The van der Waals surface area contributed by atoms with E-state index in [1.807, 2.05) is 31.3 Å². The zero-order chi connectivity index (χ0) is 23.6. The topological polar surface area (TPSA) is 64.0 Å². The number of nitriles is 1. The van der Waals surface area contributed by atoms with Crippen molar-refractivity contribution in [2.75, 3.05) is 6.61 Å². The molecule has 0 aliphatic heterocycles. The van der Waals surface area contributed by atoms with Gasteiger partial charge in [0.25, 0.3) is 0 Å². The Morgan fingerprint density at radius 3 is 2.73 bits per heavy atom. The smallest absolute Gasteiger partial charge is 0.437 e. The standard InChI is InChI=1S/C24H21ClF3N3O2/c1-2-4-17-20(8-6-18-22(17)33-30-23(18)24(26,27)28)32-14-3-12-31-13-10-16-19(31)7-5-15(9-11-29)21(16)25/h5-8,10,13H,2-4,9,12,14H2,1H3. The molecule has 0 amide bonds. The second-order valence-corrected chi connectivity index (χ2v) is 8.09. The van der Waals surface area contributed by atoms with Crippen LogP contribution in [0.15, 0.2) is 41.1 Å². The van der Waals surface area contributed by atoms with Crippen molar-refractivity contribution in [3.05, 3.63) is 58.4 Å². The molecule has 172 valence electrons. The van der Waals surface area contributed by atoms with E-state index in [4.69, 9.17) is 26.1 Å². The molecule has 2 aromatic heterocycles. The lowest BCUT2D eigenvalue weighted by Gasteiger charge is -2.12. The van der Waals surface area contributed by atoms with Gasteiger partial charge < -0.3 is 13.8 Å². The third kappa shape index (κ3) is 4.51. The van der Waals surface area contributed by atoms with Crippen LogP contribution in [0.4, 0.5) is 13.2 Å². The lowest BCUT2D eigenvalue weighted by Crippen LogP contribution is -2.06. The highest BCUT2D eigenvalue weighted by atomic mass is 35.5. The van der Waals surface area contributed by atoms with Crippen LogP contribution in [0.1, 0.15) is 36.6 Å². The fourth-order valence-electron chi connectivity index (χ4n) is 3.98. The summed E-state index contributed by atoms with van der Waals surface area (Å²) in [5.74, 6) is 0.510. The van der Waals surface area contributed by atoms with E-state index in [0.29, 0.717) is 42.3 Å². The minimum atomic E-state index is -4.57. The Balaban J connectivity index is 1.48. The summed E-state index contributed by atoms with van der Waals surface area (Å²) in [6.45, 7) is 2.99. The minimum absolute atomic E-state index is 0.0512. The number of fused-ring (bicyclic) bond motifs is 2. The largest absolute Gasteiger partial charge is 0.493 e. The number of ether oxygens (including phenoxy) is 1. The molecular formula is C24H21ClF3N3O2. The van der Waals surface area contributed by atoms with Crippen LogP contribution in [0.25, 0.3) is 21.9 Å². The van der Waals surface area contributed by atoms with Gasteiger partial charge in [-0.2, -0.15) is 18.4 Å². The Labute approximate surface area is 193 Å². The highest BCUT2D eigenvalue weighted by Gasteiger charge is 2.37. The molecule has 2 aromatic carbocycles. The first-order valence-corrected chi connectivity index (χ1v) is 11.0. The van der Waals surface area contributed by atoms with E-state index in [-0.39, 0.29) is 17.4 Å². The number of alkyl halides is 3. The van der Waals surface area contributed by atoms with Gasteiger partial charge in [-0.25, -0.2) is 0 Å². The van der Waals surface area contributed by atoms with Crippen molar-refractivity contribution in [1.82, 2.24) is 9.72 Å². The predicted octanol–water partition coefficient (Wildman–Crippen LogP) is 6.94. The Kier molecular flexibility index (Phi) is 6.52. The molecule has 0 fully saturated rings. The van der Waals surface area contributed by atoms with E-state index < -0.39 is 11.9 Å². The maximum atomic E-state index is 13.2. The fourth-order valence-corrected chi connectivity index (χ4v) is 4.27. The number of aryl methyl sites for hydroxylation is 2. The minimum Gasteiger partial charge on any atom is -0.493 e. The van der Waals surface area contributed by atoms with Gasteiger partial charge in [-0.1, -0.05) is 36.2 Å². The van der Waals surface area contributed by atoms with Gasteiger partial charge in [0, 0.05) is 29.2 Å². The van der Waals surface area contributed by atoms with E-state index in [2.05, 4.69) is 15.8 Å². The van der Waals surface area contributed by atoms with Crippen molar-refractivity contribution >= 4 is 33.5 Å². The van der Waals surface area contributed by atoms with Gasteiger partial charge in [0.05, 0.1) is 29.5 Å². The Bertz CT molecular complexity index is 1330. The first-order chi connectivity index (χ1) is 15.8. The number of rotatable bonds is 8. The molecule has 0 unspecified atom stereocenters. The van der Waals surface area contributed by atoms with Crippen LogP contribution < -0.4 is 4.74 Å². The first-order valence-electron chi connectivity index (χ1n) is 10.6. The maximum absolute atomic E-state index is 13.2. The second kappa shape index (κ2) is 9.36. The van der Waals surface area contributed by atoms with Gasteiger partial charge in [0.1, 0.15) is 5.75 Å². The number of halogens is 4. The summed E-state index contributed by atoms with van der Waals surface area (Å²) in [5, 5.41) is 13.6. The highest BCUT2D eigenvalue weighted by Crippen LogP contribution is 2.38. The lowest BCUT2D eigenvalue weighted by atomic mass is 10.0. The van der Waals surface area contributed by atoms with E-state index in [1.165, 1.54) is 6.07 Å². The number of nitrogens with zero attached hydrogens (tertiary/aromatic N) is 3. The molecular weight excluding hydrogens is 455 g/mol. The molecule has 0 atom stereocenters. The molecule has 0 aliphatic carbocycles. The summed E-state index contributed by atoms with van der Waals surface area (Å²) < 4.78 is 52.6. The average Bonchev–Trinajstić information content (AvgIpc) is 3.39. The summed E-state index contributed by atoms with van der Waals surface area (Å²) in [5.41, 5.74) is 1.48. The third-order valence-corrected chi connectivity index (χ3v) is 5.95. The molecule has 0 N–H and O–H groups in total. The maximum Gasteiger partial charge on any atom is 0.437 e. The molecule has 5 nitrogen and oxygen atoms in total. The SMILES string of the molecule is CCCc1c(OCCCn2ccc3c(Cl)c(CC#N)ccc32)ccc2c(C(F)(F)F)noc12. The molecule has 9 heteroatoms. The van der Waals surface area contributed by atoms with Crippen molar-refractivity contribution < 1.29 is 22.4 Å². The summed E-state index contributed by atoms with van der Waals surface area (Å²) in [6, 6.07) is 10.8. The highest BCUT2D eigenvalue weighted by molar-refractivity contribution is 6.36. The van der Waals surface area contributed by atoms with E-state index in [0.717, 1.165) is 22.9 Å². The molecule has 0 saturated heterocycles. The normalized spacial score (nSPS) is 11.9. The van der Waals surface area contributed by atoms with Crippen LogP contribution in [0.2, 0.25) is 5.02 Å². The van der Waals surface area contributed by atoms with Crippen LogP contribution in [0, 0.1) is 11.3 Å². The van der Waals surface area contributed by atoms with Crippen LogP contribution in [-0.4, -0.2) is 16.3 Å². The molecule has 33 heavy (non-hydrogen) atoms. The average molecular weight is 476 g/mol. The molecule has 0 saturated carbocycles. The number of hydrogen-bond donors (Lipinski definition) is 0. The lowest BCUT2D eigenvalue weighted by molar-refractivity contribution is -0.141. The molecule has 4 aromatic rings. The molecule has 2 heterocycles. The van der Waals surface area contributed by atoms with Gasteiger partial charge in [0.15, 0.2) is 11.3 Å². The van der Waals surface area contributed by atoms with Crippen LogP contribution >= 0.6 is 11.6 Å².